The lowest BCUT2D eigenvalue weighted by Gasteiger charge is -2.34. The monoisotopic (exact) mass is 676 g/mol. The summed E-state index contributed by atoms with van der Waals surface area (Å²) in [7, 11) is 3.10. The van der Waals surface area contributed by atoms with Crippen LogP contribution in [0, 0.1) is 25.2 Å². The number of anilines is 2. The number of hydrogen-bond acceptors (Lipinski definition) is 9. The van der Waals surface area contributed by atoms with Gasteiger partial charge in [0.15, 0.2) is 11.5 Å². The van der Waals surface area contributed by atoms with Crippen LogP contribution in [-0.4, -0.2) is 87.3 Å². The lowest BCUT2D eigenvalue weighted by molar-refractivity contribution is 0.0929. The fourth-order valence-electron chi connectivity index (χ4n) is 5.66. The SMILES string of the molecule is COc1cc(Nc2c(C#N)cnc3cc(OCCN4CCN(CCNC(=O)c5cc(C)cc(C)c5)CC4)c(OC)cc23)c(Cl)cc1Cl. The molecule has 1 aliphatic rings. The fraction of sp³-hybridized carbons (Fsp3) is 0.343. The van der Waals surface area contributed by atoms with E-state index >= 15 is 0 Å². The second-order valence-electron chi connectivity index (χ2n) is 11.4. The van der Waals surface area contributed by atoms with Crippen molar-refractivity contribution in [1.82, 2.24) is 20.1 Å². The van der Waals surface area contributed by atoms with Crippen LogP contribution in [0.15, 0.2) is 48.7 Å². The molecule has 246 valence electrons. The number of piperazine rings is 1. The molecule has 10 nitrogen and oxygen atoms in total. The molecule has 0 saturated carbocycles. The van der Waals surface area contributed by atoms with Crippen LogP contribution in [0.3, 0.4) is 0 Å². The zero-order valence-electron chi connectivity index (χ0n) is 27.0. The minimum Gasteiger partial charge on any atom is -0.495 e. The largest absolute Gasteiger partial charge is 0.495 e. The molecule has 0 atom stereocenters. The highest BCUT2D eigenvalue weighted by molar-refractivity contribution is 6.37. The average molecular weight is 678 g/mol. The van der Waals surface area contributed by atoms with Gasteiger partial charge in [0.2, 0.25) is 0 Å². The number of rotatable bonds is 12. The molecule has 0 bridgehead atoms. The maximum atomic E-state index is 12.6. The lowest BCUT2D eigenvalue weighted by atomic mass is 10.1. The van der Waals surface area contributed by atoms with E-state index in [0.29, 0.717) is 73.9 Å². The molecule has 1 aliphatic heterocycles. The van der Waals surface area contributed by atoms with Crippen LogP contribution in [0.1, 0.15) is 27.0 Å². The van der Waals surface area contributed by atoms with Gasteiger partial charge < -0.3 is 24.8 Å². The number of nitrogens with zero attached hydrogens (tertiary/aromatic N) is 4. The number of amides is 1. The summed E-state index contributed by atoms with van der Waals surface area (Å²) < 4.78 is 17.2. The zero-order chi connectivity index (χ0) is 33.5. The quantitative estimate of drug-likeness (QED) is 0.181. The molecule has 1 fully saturated rings. The van der Waals surface area contributed by atoms with Gasteiger partial charge >= 0.3 is 0 Å². The minimum atomic E-state index is -0.0310. The standard InChI is InChI=1S/C35H38Cl2N6O4/c1-22-13-23(2)15-24(14-22)35(44)39-5-6-42-7-9-43(10-8-42)11-12-47-33-18-29-26(16-32(33)46-4)34(25(20-38)21-40-29)41-30-19-31(45-3)28(37)17-27(30)36/h13-19,21H,5-12H2,1-4H3,(H,39,44)(H,40,41). The number of nitriles is 1. The van der Waals surface area contributed by atoms with Gasteiger partial charge in [-0.05, 0) is 38.1 Å². The molecule has 0 radical (unpaired) electrons. The number of aromatic nitrogens is 1. The Kier molecular flexibility index (Phi) is 11.3. The van der Waals surface area contributed by atoms with Crippen LogP contribution < -0.4 is 24.8 Å². The number of ether oxygens (including phenoxy) is 3. The number of halogens is 2. The van der Waals surface area contributed by atoms with E-state index in [9.17, 15) is 10.1 Å². The third kappa shape index (κ3) is 8.37. The number of benzene rings is 3. The first-order valence-corrected chi connectivity index (χ1v) is 16.1. The maximum Gasteiger partial charge on any atom is 0.251 e. The molecule has 0 aliphatic carbocycles. The number of pyridine rings is 1. The van der Waals surface area contributed by atoms with Gasteiger partial charge in [0.25, 0.3) is 5.91 Å². The molecule has 3 aromatic carbocycles. The summed E-state index contributed by atoms with van der Waals surface area (Å²) in [5.41, 5.74) is 4.89. The van der Waals surface area contributed by atoms with Crippen molar-refractivity contribution in [2.24, 2.45) is 0 Å². The third-order valence-electron chi connectivity index (χ3n) is 8.10. The van der Waals surface area contributed by atoms with E-state index in [2.05, 4.69) is 37.6 Å². The van der Waals surface area contributed by atoms with E-state index in [1.165, 1.54) is 13.3 Å². The number of aryl methyl sites for hydroxylation is 2. The summed E-state index contributed by atoms with van der Waals surface area (Å²) in [4.78, 5) is 21.8. The van der Waals surface area contributed by atoms with Crippen molar-refractivity contribution in [2.45, 2.75) is 13.8 Å². The molecule has 2 heterocycles. The Morgan fingerprint density at radius 1 is 0.894 bits per heavy atom. The summed E-state index contributed by atoms with van der Waals surface area (Å²) in [6, 6.07) is 15.0. The zero-order valence-corrected chi connectivity index (χ0v) is 28.5. The number of hydrogen-bond donors (Lipinski definition) is 2. The van der Waals surface area contributed by atoms with E-state index in [1.54, 1.807) is 25.3 Å². The molecular weight excluding hydrogens is 639 g/mol. The second-order valence-corrected chi connectivity index (χ2v) is 12.2. The van der Waals surface area contributed by atoms with Crippen molar-refractivity contribution in [3.8, 4) is 23.3 Å². The van der Waals surface area contributed by atoms with Crippen LogP contribution in [0.5, 0.6) is 17.2 Å². The predicted octanol–water partition coefficient (Wildman–Crippen LogP) is 6.22. The normalized spacial score (nSPS) is 13.6. The van der Waals surface area contributed by atoms with Crippen LogP contribution >= 0.6 is 23.2 Å². The van der Waals surface area contributed by atoms with E-state index < -0.39 is 0 Å². The van der Waals surface area contributed by atoms with Crippen LogP contribution in [0.4, 0.5) is 11.4 Å². The summed E-state index contributed by atoms with van der Waals surface area (Å²) >= 11 is 12.7. The van der Waals surface area contributed by atoms with Gasteiger partial charge in [-0.1, -0.05) is 40.4 Å². The Hall–Kier alpha value is -4.27. The summed E-state index contributed by atoms with van der Waals surface area (Å²) in [5, 5.41) is 17.6. The maximum absolute atomic E-state index is 12.6. The predicted molar refractivity (Wildman–Crippen MR) is 186 cm³/mol. The molecular formula is C35H38Cl2N6O4. The number of methoxy groups -OCH3 is 2. The van der Waals surface area contributed by atoms with Gasteiger partial charge in [0.1, 0.15) is 18.4 Å². The highest BCUT2D eigenvalue weighted by Crippen LogP contribution is 2.40. The van der Waals surface area contributed by atoms with E-state index in [0.717, 1.165) is 50.4 Å². The van der Waals surface area contributed by atoms with Crippen molar-refractivity contribution in [3.05, 3.63) is 81.0 Å². The number of carbonyl (C=O) groups excluding carboxylic acids is 1. The van der Waals surface area contributed by atoms with Gasteiger partial charge in [-0.25, -0.2) is 0 Å². The fourth-order valence-corrected chi connectivity index (χ4v) is 6.17. The Morgan fingerprint density at radius 2 is 1.57 bits per heavy atom. The highest BCUT2D eigenvalue weighted by Gasteiger charge is 2.19. The minimum absolute atomic E-state index is 0.0310. The Morgan fingerprint density at radius 3 is 2.23 bits per heavy atom. The molecule has 5 rings (SSSR count). The van der Waals surface area contributed by atoms with Crippen molar-refractivity contribution in [2.75, 3.05) is 72.0 Å². The lowest BCUT2D eigenvalue weighted by Crippen LogP contribution is -2.49. The van der Waals surface area contributed by atoms with Crippen molar-refractivity contribution in [3.63, 3.8) is 0 Å². The topological polar surface area (TPSA) is 112 Å². The van der Waals surface area contributed by atoms with E-state index in [4.69, 9.17) is 37.4 Å². The Bertz CT molecular complexity index is 1780. The third-order valence-corrected chi connectivity index (χ3v) is 8.71. The molecule has 1 aromatic heterocycles. The van der Waals surface area contributed by atoms with Crippen LogP contribution in [0.25, 0.3) is 10.9 Å². The number of carbonyl (C=O) groups is 1. The van der Waals surface area contributed by atoms with Gasteiger partial charge in [0, 0.05) is 75.1 Å². The van der Waals surface area contributed by atoms with Gasteiger partial charge in [-0.3, -0.25) is 19.6 Å². The summed E-state index contributed by atoms with van der Waals surface area (Å²) in [5.74, 6) is 1.50. The first-order valence-electron chi connectivity index (χ1n) is 15.3. The molecule has 4 aromatic rings. The first-order chi connectivity index (χ1) is 22.7. The summed E-state index contributed by atoms with van der Waals surface area (Å²) in [6.07, 6.45) is 1.51. The molecule has 47 heavy (non-hydrogen) atoms. The highest BCUT2D eigenvalue weighted by atomic mass is 35.5. The average Bonchev–Trinajstić information content (AvgIpc) is 3.05. The molecule has 0 spiro atoms. The molecule has 0 unspecified atom stereocenters. The molecule has 1 amide bonds. The Balaban J connectivity index is 1.16. The molecule has 1 saturated heterocycles. The van der Waals surface area contributed by atoms with Gasteiger partial charge in [-0.15, -0.1) is 0 Å². The van der Waals surface area contributed by atoms with E-state index in [-0.39, 0.29) is 5.91 Å². The van der Waals surface area contributed by atoms with Crippen molar-refractivity contribution >= 4 is 51.4 Å². The number of fused-ring (bicyclic) bond motifs is 1. The summed E-state index contributed by atoms with van der Waals surface area (Å²) in [6.45, 7) is 10.3. The van der Waals surface area contributed by atoms with E-state index in [1.807, 2.05) is 32.0 Å². The van der Waals surface area contributed by atoms with Crippen molar-refractivity contribution in [1.29, 1.82) is 5.26 Å². The molecule has 12 heteroatoms. The number of nitrogens with one attached hydrogen (secondary N) is 2. The van der Waals surface area contributed by atoms with Crippen molar-refractivity contribution < 1.29 is 19.0 Å². The van der Waals surface area contributed by atoms with Gasteiger partial charge in [0.05, 0.1) is 46.7 Å². The van der Waals surface area contributed by atoms with Gasteiger partial charge in [-0.2, -0.15) is 5.26 Å². The first kappa shape index (κ1) is 34.1. The smallest absolute Gasteiger partial charge is 0.251 e. The Labute approximate surface area is 285 Å². The van der Waals surface area contributed by atoms with Crippen LogP contribution in [0.2, 0.25) is 10.0 Å². The molecule has 2 N–H and O–H groups in total. The second kappa shape index (κ2) is 15.5. The van der Waals surface area contributed by atoms with Crippen LogP contribution in [-0.2, 0) is 0 Å².